The van der Waals surface area contributed by atoms with Gasteiger partial charge in [0, 0.05) is 29.8 Å². The van der Waals surface area contributed by atoms with Gasteiger partial charge >= 0.3 is 0 Å². The predicted octanol–water partition coefficient (Wildman–Crippen LogP) is 0.815. The van der Waals surface area contributed by atoms with Crippen LogP contribution < -0.4 is 5.73 Å². The van der Waals surface area contributed by atoms with E-state index in [2.05, 4.69) is 11.1 Å². The van der Waals surface area contributed by atoms with E-state index in [1.807, 2.05) is 19.2 Å². The van der Waals surface area contributed by atoms with Gasteiger partial charge in [-0.05, 0) is 25.0 Å². The fourth-order valence-corrected chi connectivity index (χ4v) is 1.92. The van der Waals surface area contributed by atoms with Crippen molar-refractivity contribution in [3.63, 3.8) is 0 Å². The molecule has 1 aliphatic carbocycles. The molecule has 0 aliphatic heterocycles. The lowest BCUT2D eigenvalue weighted by atomic mass is 10.0. The smallest absolute Gasteiger partial charge is 0.0506 e. The number of aromatic nitrogens is 1. The van der Waals surface area contributed by atoms with Gasteiger partial charge in [0.25, 0.3) is 0 Å². The van der Waals surface area contributed by atoms with Crippen LogP contribution in [-0.2, 0) is 0 Å². The lowest BCUT2D eigenvalue weighted by Crippen LogP contribution is -2.21. The van der Waals surface area contributed by atoms with Crippen molar-refractivity contribution >= 4 is 0 Å². The monoisotopic (exact) mass is 192 g/mol. The molecule has 0 saturated heterocycles. The fraction of sp³-hybridized carbons (Fsp3) is 0.545. The highest BCUT2D eigenvalue weighted by molar-refractivity contribution is 5.26. The zero-order chi connectivity index (χ0) is 10.2. The minimum atomic E-state index is -0.0811. The minimum absolute atomic E-state index is 0.0811. The molecular weight excluding hydrogens is 176 g/mol. The minimum Gasteiger partial charge on any atom is -0.396 e. The van der Waals surface area contributed by atoms with Crippen LogP contribution in [0.15, 0.2) is 18.3 Å². The van der Waals surface area contributed by atoms with Gasteiger partial charge in [-0.1, -0.05) is 6.07 Å². The molecule has 1 aromatic rings. The van der Waals surface area contributed by atoms with Gasteiger partial charge in [-0.3, -0.25) is 4.98 Å². The van der Waals surface area contributed by atoms with Crippen LogP contribution in [-0.4, -0.2) is 23.2 Å². The molecule has 2 atom stereocenters. The van der Waals surface area contributed by atoms with Crippen LogP contribution in [0.3, 0.4) is 0 Å². The second-order valence-corrected chi connectivity index (χ2v) is 4.24. The molecule has 1 fully saturated rings. The summed E-state index contributed by atoms with van der Waals surface area (Å²) in [5, 5.41) is 9.24. The molecule has 0 bridgehead atoms. The van der Waals surface area contributed by atoms with Gasteiger partial charge < -0.3 is 10.8 Å². The van der Waals surface area contributed by atoms with E-state index in [1.165, 1.54) is 0 Å². The Hall–Kier alpha value is -0.930. The number of nitrogens with two attached hydrogens (primary N) is 1. The predicted molar refractivity (Wildman–Crippen MR) is 54.9 cm³/mol. The maximum atomic E-state index is 9.24. The number of hydrogen-bond acceptors (Lipinski definition) is 3. The molecule has 0 spiro atoms. The first-order chi connectivity index (χ1) is 6.72. The van der Waals surface area contributed by atoms with Crippen molar-refractivity contribution in [2.24, 2.45) is 11.1 Å². The summed E-state index contributed by atoms with van der Waals surface area (Å²) in [7, 11) is 0. The van der Waals surface area contributed by atoms with Crippen LogP contribution in [0.1, 0.15) is 23.6 Å². The summed E-state index contributed by atoms with van der Waals surface area (Å²) < 4.78 is 0. The highest BCUT2D eigenvalue weighted by atomic mass is 16.3. The summed E-state index contributed by atoms with van der Waals surface area (Å²) in [5.74, 6) is 0.359. The van der Waals surface area contributed by atoms with Crippen molar-refractivity contribution in [2.75, 3.05) is 13.2 Å². The van der Waals surface area contributed by atoms with Gasteiger partial charge in [0.1, 0.15) is 0 Å². The second-order valence-electron chi connectivity index (χ2n) is 4.24. The van der Waals surface area contributed by atoms with Crippen LogP contribution in [0.4, 0.5) is 0 Å². The summed E-state index contributed by atoms with van der Waals surface area (Å²) >= 11 is 0. The first kappa shape index (κ1) is 9.62. The molecule has 1 aliphatic rings. The molecule has 2 unspecified atom stereocenters. The quantitative estimate of drug-likeness (QED) is 0.745. The molecule has 1 aromatic heterocycles. The SMILES string of the molecule is Cc1ccc(C2CC2(CN)CO)nc1. The summed E-state index contributed by atoms with van der Waals surface area (Å²) in [4.78, 5) is 4.36. The average molecular weight is 192 g/mol. The number of pyridine rings is 1. The Labute approximate surface area is 84.0 Å². The summed E-state index contributed by atoms with van der Waals surface area (Å²) in [5.41, 5.74) is 7.80. The third-order valence-corrected chi connectivity index (χ3v) is 3.20. The Morgan fingerprint density at radius 1 is 1.64 bits per heavy atom. The van der Waals surface area contributed by atoms with Crippen LogP contribution in [0.2, 0.25) is 0 Å². The van der Waals surface area contributed by atoms with E-state index >= 15 is 0 Å². The Morgan fingerprint density at radius 3 is 2.86 bits per heavy atom. The number of rotatable bonds is 3. The molecule has 0 radical (unpaired) electrons. The van der Waals surface area contributed by atoms with Crippen LogP contribution in [0.25, 0.3) is 0 Å². The van der Waals surface area contributed by atoms with E-state index in [4.69, 9.17) is 5.73 Å². The van der Waals surface area contributed by atoms with Crippen LogP contribution in [0, 0.1) is 12.3 Å². The van der Waals surface area contributed by atoms with Gasteiger partial charge in [0.2, 0.25) is 0 Å². The molecule has 0 amide bonds. The first-order valence-corrected chi connectivity index (χ1v) is 4.95. The molecule has 3 N–H and O–H groups in total. The number of aliphatic hydroxyl groups is 1. The molecule has 14 heavy (non-hydrogen) atoms. The molecule has 3 nitrogen and oxygen atoms in total. The zero-order valence-electron chi connectivity index (χ0n) is 8.40. The van der Waals surface area contributed by atoms with Crippen LogP contribution >= 0.6 is 0 Å². The molecule has 76 valence electrons. The van der Waals surface area contributed by atoms with E-state index in [9.17, 15) is 5.11 Å². The standard InChI is InChI=1S/C11H16N2O/c1-8-2-3-10(13-5-8)9-4-11(9,6-12)7-14/h2-3,5,9,14H,4,6-7,12H2,1H3. The molecule has 2 rings (SSSR count). The highest BCUT2D eigenvalue weighted by Gasteiger charge is 2.54. The van der Waals surface area contributed by atoms with Gasteiger partial charge in [0.05, 0.1) is 6.61 Å². The molecule has 1 heterocycles. The van der Waals surface area contributed by atoms with Crippen molar-refractivity contribution in [1.29, 1.82) is 0 Å². The number of aliphatic hydroxyl groups excluding tert-OH is 1. The van der Waals surface area contributed by atoms with Crippen molar-refractivity contribution < 1.29 is 5.11 Å². The lowest BCUT2D eigenvalue weighted by Gasteiger charge is -2.10. The Balaban J connectivity index is 2.16. The molecule has 3 heteroatoms. The van der Waals surface area contributed by atoms with Crippen molar-refractivity contribution in [3.05, 3.63) is 29.6 Å². The maximum Gasteiger partial charge on any atom is 0.0506 e. The Kier molecular flexibility index (Phi) is 2.29. The van der Waals surface area contributed by atoms with E-state index in [0.717, 1.165) is 17.7 Å². The summed E-state index contributed by atoms with van der Waals surface area (Å²) in [6.45, 7) is 2.74. The van der Waals surface area contributed by atoms with Crippen molar-refractivity contribution in [3.8, 4) is 0 Å². The number of nitrogens with zero attached hydrogens (tertiary/aromatic N) is 1. The summed E-state index contributed by atoms with van der Waals surface area (Å²) in [6.07, 6.45) is 2.84. The lowest BCUT2D eigenvalue weighted by molar-refractivity contribution is 0.211. The molecule has 1 saturated carbocycles. The number of hydrogen-bond donors (Lipinski definition) is 2. The topological polar surface area (TPSA) is 59.1 Å². The van der Waals surface area contributed by atoms with Crippen LogP contribution in [0.5, 0.6) is 0 Å². The Morgan fingerprint density at radius 2 is 2.43 bits per heavy atom. The normalized spacial score (nSPS) is 30.4. The molecular formula is C11H16N2O. The van der Waals surface area contributed by atoms with E-state index in [-0.39, 0.29) is 12.0 Å². The first-order valence-electron chi connectivity index (χ1n) is 4.95. The highest BCUT2D eigenvalue weighted by Crippen LogP contribution is 2.57. The largest absolute Gasteiger partial charge is 0.396 e. The van der Waals surface area contributed by atoms with Gasteiger partial charge in [-0.15, -0.1) is 0 Å². The third kappa shape index (κ3) is 1.42. The van der Waals surface area contributed by atoms with E-state index < -0.39 is 0 Å². The summed E-state index contributed by atoms with van der Waals surface area (Å²) in [6, 6.07) is 4.09. The van der Waals surface area contributed by atoms with Gasteiger partial charge in [-0.25, -0.2) is 0 Å². The number of aryl methyl sites for hydroxylation is 1. The Bertz CT molecular complexity index is 317. The average Bonchev–Trinajstić information content (AvgIpc) is 2.94. The van der Waals surface area contributed by atoms with Gasteiger partial charge in [0.15, 0.2) is 0 Å². The molecule has 0 aromatic carbocycles. The zero-order valence-corrected chi connectivity index (χ0v) is 8.40. The van der Waals surface area contributed by atoms with Crippen molar-refractivity contribution in [2.45, 2.75) is 19.3 Å². The second kappa shape index (κ2) is 3.33. The van der Waals surface area contributed by atoms with Crippen molar-refractivity contribution in [1.82, 2.24) is 4.98 Å². The van der Waals surface area contributed by atoms with E-state index in [1.54, 1.807) is 0 Å². The van der Waals surface area contributed by atoms with Gasteiger partial charge in [-0.2, -0.15) is 0 Å². The fourth-order valence-electron chi connectivity index (χ4n) is 1.92. The third-order valence-electron chi connectivity index (χ3n) is 3.20. The van der Waals surface area contributed by atoms with E-state index in [0.29, 0.717) is 12.5 Å². The maximum absolute atomic E-state index is 9.24.